The first-order valence-corrected chi connectivity index (χ1v) is 10.9. The molecule has 0 aromatic carbocycles. The molecule has 0 amide bonds. The Hall–Kier alpha value is -0.380. The quantitative estimate of drug-likeness (QED) is 0.303. The lowest BCUT2D eigenvalue weighted by molar-refractivity contribution is 0.0732. The van der Waals surface area contributed by atoms with Crippen LogP contribution in [0.15, 0.2) is 22.5 Å². The third-order valence-electron chi connectivity index (χ3n) is 6.02. The number of likely N-dealkylation sites (tertiary alicyclic amines) is 1. The van der Waals surface area contributed by atoms with Gasteiger partial charge in [0.25, 0.3) is 0 Å². The fourth-order valence-corrected chi connectivity index (χ4v) is 5.00. The van der Waals surface area contributed by atoms with E-state index in [1.807, 2.05) is 18.4 Å². The first-order valence-electron chi connectivity index (χ1n) is 9.97. The van der Waals surface area contributed by atoms with Crippen LogP contribution >= 0.6 is 35.3 Å². The van der Waals surface area contributed by atoms with Crippen LogP contribution in [0.25, 0.3) is 0 Å². The molecule has 1 unspecified atom stereocenters. The summed E-state index contributed by atoms with van der Waals surface area (Å²) in [5.41, 5.74) is 0.399. The number of rotatable bonds is 9. The van der Waals surface area contributed by atoms with Crippen molar-refractivity contribution in [3.63, 3.8) is 0 Å². The van der Waals surface area contributed by atoms with Crippen LogP contribution in [0.4, 0.5) is 0 Å². The number of hydrogen-bond acceptors (Lipinski definition) is 4. The predicted octanol–water partition coefficient (Wildman–Crippen LogP) is 3.87. The minimum absolute atomic E-state index is 0. The molecule has 1 saturated carbocycles. The van der Waals surface area contributed by atoms with Crippen molar-refractivity contribution in [3.05, 3.63) is 22.4 Å². The van der Waals surface area contributed by atoms with E-state index in [9.17, 15) is 0 Å². The molecule has 1 saturated heterocycles. The van der Waals surface area contributed by atoms with Crippen LogP contribution in [-0.2, 0) is 4.74 Å². The molecule has 1 aliphatic carbocycles. The van der Waals surface area contributed by atoms with Gasteiger partial charge in [-0.05, 0) is 62.1 Å². The number of methoxy groups -OCH3 is 1. The lowest BCUT2D eigenvalue weighted by Gasteiger charge is -2.42. The Bertz CT molecular complexity index is 556. The number of guanidine groups is 1. The first kappa shape index (κ1) is 22.9. The van der Waals surface area contributed by atoms with Crippen LogP contribution in [0, 0.1) is 5.41 Å². The van der Waals surface area contributed by atoms with Crippen molar-refractivity contribution in [1.82, 2.24) is 15.5 Å². The summed E-state index contributed by atoms with van der Waals surface area (Å²) in [6.45, 7) is 5.16. The van der Waals surface area contributed by atoms with E-state index in [2.05, 4.69) is 38.0 Å². The van der Waals surface area contributed by atoms with Crippen LogP contribution in [-0.4, -0.2) is 57.8 Å². The molecule has 2 heterocycles. The van der Waals surface area contributed by atoms with Crippen LogP contribution in [0.2, 0.25) is 0 Å². The smallest absolute Gasteiger partial charge is 0.191 e. The number of halogens is 1. The monoisotopic (exact) mass is 506 g/mol. The molecule has 2 aliphatic rings. The third kappa shape index (κ3) is 6.30. The number of ether oxygens (including phenoxy) is 1. The van der Waals surface area contributed by atoms with E-state index >= 15 is 0 Å². The van der Waals surface area contributed by atoms with Gasteiger partial charge in [0, 0.05) is 38.7 Å². The maximum Gasteiger partial charge on any atom is 0.191 e. The van der Waals surface area contributed by atoms with Crippen molar-refractivity contribution in [1.29, 1.82) is 0 Å². The fraction of sp³-hybridized carbons (Fsp3) is 0.750. The Morgan fingerprint density at radius 2 is 2.07 bits per heavy atom. The minimum Gasteiger partial charge on any atom is -0.385 e. The first-order chi connectivity index (χ1) is 12.8. The van der Waals surface area contributed by atoms with Crippen LogP contribution in [0.3, 0.4) is 0 Å². The molecule has 27 heavy (non-hydrogen) atoms. The SMILES string of the molecule is CN=C(NCC(c1cccs1)N1CCCC1)NCC1(CCOC)CCC1.I. The Balaban J connectivity index is 0.00000261. The highest BCUT2D eigenvalue weighted by atomic mass is 127. The largest absolute Gasteiger partial charge is 0.385 e. The zero-order chi connectivity index (χ0) is 18.2. The van der Waals surface area contributed by atoms with Gasteiger partial charge in [-0.3, -0.25) is 9.89 Å². The fourth-order valence-electron chi connectivity index (χ4n) is 4.14. The Morgan fingerprint density at radius 3 is 2.63 bits per heavy atom. The molecule has 3 rings (SSSR count). The molecular weight excluding hydrogens is 471 g/mol. The average molecular weight is 506 g/mol. The van der Waals surface area contributed by atoms with Gasteiger partial charge in [0.15, 0.2) is 5.96 Å². The molecule has 5 nitrogen and oxygen atoms in total. The number of nitrogens with zero attached hydrogens (tertiary/aromatic N) is 2. The van der Waals surface area contributed by atoms with E-state index in [0.29, 0.717) is 11.5 Å². The van der Waals surface area contributed by atoms with E-state index < -0.39 is 0 Å². The average Bonchev–Trinajstić information content (AvgIpc) is 3.33. The second kappa shape index (κ2) is 11.6. The molecule has 0 radical (unpaired) electrons. The van der Waals surface area contributed by atoms with Crippen molar-refractivity contribution >= 4 is 41.3 Å². The van der Waals surface area contributed by atoms with Crippen molar-refractivity contribution in [2.45, 2.75) is 44.6 Å². The molecule has 2 N–H and O–H groups in total. The number of thiophene rings is 1. The Morgan fingerprint density at radius 1 is 1.30 bits per heavy atom. The van der Waals surface area contributed by atoms with Gasteiger partial charge in [0.1, 0.15) is 0 Å². The number of hydrogen-bond donors (Lipinski definition) is 2. The molecule has 1 aromatic heterocycles. The van der Waals surface area contributed by atoms with Gasteiger partial charge in [-0.2, -0.15) is 0 Å². The summed E-state index contributed by atoms with van der Waals surface area (Å²) >= 11 is 1.86. The van der Waals surface area contributed by atoms with Crippen molar-refractivity contribution < 1.29 is 4.74 Å². The molecule has 7 heteroatoms. The molecule has 2 fully saturated rings. The summed E-state index contributed by atoms with van der Waals surface area (Å²) in [6.07, 6.45) is 7.71. The van der Waals surface area contributed by atoms with Gasteiger partial charge >= 0.3 is 0 Å². The summed E-state index contributed by atoms with van der Waals surface area (Å²) in [7, 11) is 3.66. The lowest BCUT2D eigenvalue weighted by atomic mass is 9.67. The summed E-state index contributed by atoms with van der Waals surface area (Å²) in [6, 6.07) is 4.87. The zero-order valence-corrected chi connectivity index (χ0v) is 19.9. The predicted molar refractivity (Wildman–Crippen MR) is 125 cm³/mol. The van der Waals surface area contributed by atoms with Crippen LogP contribution < -0.4 is 10.6 Å². The molecular formula is C20H35IN4OS. The van der Waals surface area contributed by atoms with Gasteiger partial charge in [0.2, 0.25) is 0 Å². The molecule has 1 aliphatic heterocycles. The van der Waals surface area contributed by atoms with Gasteiger partial charge in [-0.25, -0.2) is 0 Å². The van der Waals surface area contributed by atoms with Gasteiger partial charge in [-0.15, -0.1) is 35.3 Å². The highest BCUT2D eigenvalue weighted by Crippen LogP contribution is 2.43. The van der Waals surface area contributed by atoms with E-state index in [1.54, 1.807) is 7.11 Å². The Kier molecular flexibility index (Phi) is 9.82. The van der Waals surface area contributed by atoms with Crippen molar-refractivity contribution in [2.75, 3.05) is 46.9 Å². The van der Waals surface area contributed by atoms with Crippen LogP contribution in [0.5, 0.6) is 0 Å². The van der Waals surface area contributed by atoms with Gasteiger partial charge in [0.05, 0.1) is 6.04 Å². The summed E-state index contributed by atoms with van der Waals surface area (Å²) < 4.78 is 5.31. The second-order valence-corrected chi connectivity index (χ2v) is 8.66. The van der Waals surface area contributed by atoms with E-state index in [0.717, 1.165) is 32.1 Å². The summed E-state index contributed by atoms with van der Waals surface area (Å²) in [5, 5.41) is 9.35. The number of aliphatic imine (C=N–C) groups is 1. The molecule has 0 bridgehead atoms. The Labute approximate surface area is 185 Å². The molecule has 0 spiro atoms. The van der Waals surface area contributed by atoms with Gasteiger partial charge in [-0.1, -0.05) is 12.5 Å². The standard InChI is InChI=1S/C20H34N4OS.HI/c1-21-19(23-16-20(8-6-9-20)10-13-25-2)22-15-17(18-7-5-14-26-18)24-11-3-4-12-24;/h5,7,14,17H,3-4,6,8-13,15-16H2,1-2H3,(H2,21,22,23);1H. The zero-order valence-electron chi connectivity index (χ0n) is 16.7. The van der Waals surface area contributed by atoms with Crippen LogP contribution in [0.1, 0.15) is 49.4 Å². The van der Waals surface area contributed by atoms with E-state index in [-0.39, 0.29) is 24.0 Å². The summed E-state index contributed by atoms with van der Waals surface area (Å²) in [4.78, 5) is 8.52. The molecule has 1 aromatic rings. The van der Waals surface area contributed by atoms with E-state index in [1.165, 1.54) is 50.1 Å². The lowest BCUT2D eigenvalue weighted by Crippen LogP contribution is -2.48. The highest BCUT2D eigenvalue weighted by Gasteiger charge is 2.36. The highest BCUT2D eigenvalue weighted by molar-refractivity contribution is 14.0. The topological polar surface area (TPSA) is 48.9 Å². The second-order valence-electron chi connectivity index (χ2n) is 7.68. The third-order valence-corrected chi connectivity index (χ3v) is 6.99. The minimum atomic E-state index is 0. The molecule has 154 valence electrons. The van der Waals surface area contributed by atoms with Crippen molar-refractivity contribution in [2.24, 2.45) is 10.4 Å². The van der Waals surface area contributed by atoms with Crippen molar-refractivity contribution in [3.8, 4) is 0 Å². The van der Waals surface area contributed by atoms with E-state index in [4.69, 9.17) is 4.74 Å². The van der Waals surface area contributed by atoms with Gasteiger partial charge < -0.3 is 15.4 Å². The summed E-state index contributed by atoms with van der Waals surface area (Å²) in [5.74, 6) is 0.925. The maximum atomic E-state index is 5.31. The number of nitrogens with one attached hydrogen (secondary N) is 2. The normalized spacial score (nSPS) is 20.6. The maximum absolute atomic E-state index is 5.31. The molecule has 1 atom stereocenters.